The Hall–Kier alpha value is -1.00. The van der Waals surface area contributed by atoms with Gasteiger partial charge in [-0.2, -0.15) is 0 Å². The lowest BCUT2D eigenvalue weighted by Gasteiger charge is -2.17. The number of rotatable bonds is 5. The Balaban J connectivity index is 2.73. The maximum absolute atomic E-state index is 5.78. The van der Waals surface area contributed by atoms with Gasteiger partial charge in [-0.25, -0.2) is 4.98 Å². The first-order valence-electron chi connectivity index (χ1n) is 4.84. The lowest BCUT2D eigenvalue weighted by Crippen LogP contribution is -2.25. The van der Waals surface area contributed by atoms with Gasteiger partial charge in [-0.1, -0.05) is 18.5 Å². The van der Waals surface area contributed by atoms with Gasteiger partial charge in [0, 0.05) is 7.11 Å². The second-order valence-electron chi connectivity index (χ2n) is 3.28. The molecule has 0 saturated carbocycles. The predicted molar refractivity (Wildman–Crippen MR) is 63.2 cm³/mol. The van der Waals surface area contributed by atoms with Crippen molar-refractivity contribution in [2.45, 2.75) is 19.4 Å². The number of aromatic nitrogens is 1. The van der Waals surface area contributed by atoms with Crippen molar-refractivity contribution in [3.05, 3.63) is 17.3 Å². The number of halogens is 1. The lowest BCUT2D eigenvalue weighted by molar-refractivity contribution is 0.184. The summed E-state index contributed by atoms with van der Waals surface area (Å²) in [7, 11) is 1.67. The highest BCUT2D eigenvalue weighted by molar-refractivity contribution is 6.29. The molecule has 1 heterocycles. The number of anilines is 2. The van der Waals surface area contributed by atoms with Gasteiger partial charge in [-0.15, -0.1) is 0 Å². The second-order valence-corrected chi connectivity index (χ2v) is 3.66. The lowest BCUT2D eigenvalue weighted by atomic mass is 10.2. The van der Waals surface area contributed by atoms with Crippen LogP contribution in [0, 0.1) is 0 Å². The Morgan fingerprint density at radius 3 is 2.93 bits per heavy atom. The second kappa shape index (κ2) is 5.78. The Kier molecular flexibility index (Phi) is 4.65. The molecule has 1 rings (SSSR count). The molecule has 1 aromatic heterocycles. The third-order valence-electron chi connectivity index (χ3n) is 2.09. The van der Waals surface area contributed by atoms with Crippen molar-refractivity contribution in [2.75, 3.05) is 24.8 Å². The van der Waals surface area contributed by atoms with Crippen LogP contribution in [-0.4, -0.2) is 24.7 Å². The summed E-state index contributed by atoms with van der Waals surface area (Å²) in [4.78, 5) is 4.12. The summed E-state index contributed by atoms with van der Waals surface area (Å²) in [6, 6.07) is 3.60. The number of nitrogen functional groups attached to an aromatic ring is 1. The van der Waals surface area contributed by atoms with Gasteiger partial charge in [0.15, 0.2) is 5.82 Å². The molecule has 15 heavy (non-hydrogen) atoms. The van der Waals surface area contributed by atoms with E-state index in [-0.39, 0.29) is 6.04 Å². The molecule has 0 radical (unpaired) electrons. The van der Waals surface area contributed by atoms with E-state index in [1.165, 1.54) is 0 Å². The van der Waals surface area contributed by atoms with Gasteiger partial charge in [-0.3, -0.25) is 0 Å². The van der Waals surface area contributed by atoms with E-state index in [0.717, 1.165) is 6.42 Å². The van der Waals surface area contributed by atoms with Crippen LogP contribution >= 0.6 is 11.6 Å². The third-order valence-corrected chi connectivity index (χ3v) is 2.30. The normalized spacial score (nSPS) is 12.5. The number of hydrogen-bond acceptors (Lipinski definition) is 4. The fraction of sp³-hybridized carbons (Fsp3) is 0.500. The summed E-state index contributed by atoms with van der Waals surface area (Å²) in [6.07, 6.45) is 0.932. The van der Waals surface area contributed by atoms with E-state index in [1.54, 1.807) is 19.2 Å². The van der Waals surface area contributed by atoms with Crippen LogP contribution in [0.5, 0.6) is 0 Å². The van der Waals surface area contributed by atoms with Crippen molar-refractivity contribution < 1.29 is 4.74 Å². The minimum atomic E-state index is 0.197. The van der Waals surface area contributed by atoms with Gasteiger partial charge in [0.25, 0.3) is 0 Å². The van der Waals surface area contributed by atoms with Crippen molar-refractivity contribution >= 4 is 23.1 Å². The molecular formula is C10H16ClN3O. The molecule has 5 heteroatoms. The molecule has 0 unspecified atom stereocenters. The predicted octanol–water partition coefficient (Wildman–Crippen LogP) is 2.15. The highest BCUT2D eigenvalue weighted by Gasteiger charge is 2.09. The van der Waals surface area contributed by atoms with E-state index in [4.69, 9.17) is 22.1 Å². The fourth-order valence-electron chi connectivity index (χ4n) is 1.22. The minimum Gasteiger partial charge on any atom is -0.396 e. The molecule has 0 amide bonds. The van der Waals surface area contributed by atoms with Crippen LogP contribution in [0.1, 0.15) is 13.3 Å². The highest BCUT2D eigenvalue weighted by atomic mass is 35.5. The van der Waals surface area contributed by atoms with E-state index in [2.05, 4.69) is 17.2 Å². The van der Waals surface area contributed by atoms with Crippen molar-refractivity contribution in [3.8, 4) is 0 Å². The molecule has 84 valence electrons. The Bertz CT molecular complexity index is 320. The Morgan fingerprint density at radius 2 is 2.33 bits per heavy atom. The van der Waals surface area contributed by atoms with Gasteiger partial charge in [-0.05, 0) is 18.6 Å². The van der Waals surface area contributed by atoms with Crippen LogP contribution in [0.3, 0.4) is 0 Å². The monoisotopic (exact) mass is 229 g/mol. The largest absolute Gasteiger partial charge is 0.396 e. The average molecular weight is 230 g/mol. The molecule has 0 fully saturated rings. The molecule has 1 aromatic rings. The van der Waals surface area contributed by atoms with E-state index in [0.29, 0.717) is 23.3 Å². The van der Waals surface area contributed by atoms with Crippen LogP contribution < -0.4 is 11.1 Å². The molecule has 0 bridgehead atoms. The zero-order valence-electron chi connectivity index (χ0n) is 8.96. The van der Waals surface area contributed by atoms with Crippen molar-refractivity contribution in [1.29, 1.82) is 0 Å². The van der Waals surface area contributed by atoms with Gasteiger partial charge in [0.2, 0.25) is 0 Å². The smallest absolute Gasteiger partial charge is 0.151 e. The van der Waals surface area contributed by atoms with Gasteiger partial charge in [0.1, 0.15) is 5.15 Å². The Morgan fingerprint density at radius 1 is 1.60 bits per heavy atom. The van der Waals surface area contributed by atoms with Crippen LogP contribution in [0.2, 0.25) is 5.15 Å². The number of nitrogens with zero attached hydrogens (tertiary/aromatic N) is 1. The molecule has 3 N–H and O–H groups in total. The first-order chi connectivity index (χ1) is 7.17. The average Bonchev–Trinajstić information content (AvgIpc) is 2.22. The highest BCUT2D eigenvalue weighted by Crippen LogP contribution is 2.19. The first-order valence-corrected chi connectivity index (χ1v) is 5.22. The standard InChI is InChI=1S/C10H16ClN3O/c1-3-7(6-15-2)13-10-8(12)4-5-9(11)14-10/h4-5,7H,3,6,12H2,1-2H3,(H,13,14)/t7-/m1/s1. The van der Waals surface area contributed by atoms with Crippen LogP contribution in [0.25, 0.3) is 0 Å². The van der Waals surface area contributed by atoms with Gasteiger partial charge >= 0.3 is 0 Å². The van der Waals surface area contributed by atoms with Crippen molar-refractivity contribution in [2.24, 2.45) is 0 Å². The van der Waals surface area contributed by atoms with E-state index >= 15 is 0 Å². The first kappa shape index (κ1) is 12.1. The summed E-state index contributed by atoms with van der Waals surface area (Å²) < 4.78 is 5.07. The maximum Gasteiger partial charge on any atom is 0.151 e. The molecule has 0 spiro atoms. The van der Waals surface area contributed by atoms with Crippen molar-refractivity contribution in [1.82, 2.24) is 4.98 Å². The number of nitrogens with one attached hydrogen (secondary N) is 1. The summed E-state index contributed by atoms with van der Waals surface area (Å²) in [5.41, 5.74) is 6.36. The van der Waals surface area contributed by atoms with Crippen LogP contribution in [0.15, 0.2) is 12.1 Å². The summed E-state index contributed by atoms with van der Waals surface area (Å²) in [5.74, 6) is 0.617. The number of ether oxygens (including phenoxy) is 1. The maximum atomic E-state index is 5.78. The van der Waals surface area contributed by atoms with Gasteiger partial charge in [0.05, 0.1) is 18.3 Å². The number of nitrogens with two attached hydrogens (primary N) is 1. The quantitative estimate of drug-likeness (QED) is 0.760. The molecular weight excluding hydrogens is 214 g/mol. The fourth-order valence-corrected chi connectivity index (χ4v) is 1.37. The third kappa shape index (κ3) is 3.57. The van der Waals surface area contributed by atoms with Crippen molar-refractivity contribution in [3.63, 3.8) is 0 Å². The van der Waals surface area contributed by atoms with Gasteiger partial charge < -0.3 is 15.8 Å². The molecule has 4 nitrogen and oxygen atoms in total. The molecule has 1 atom stereocenters. The van der Waals surface area contributed by atoms with E-state index < -0.39 is 0 Å². The topological polar surface area (TPSA) is 60.2 Å². The zero-order valence-corrected chi connectivity index (χ0v) is 9.71. The minimum absolute atomic E-state index is 0.197. The zero-order chi connectivity index (χ0) is 11.3. The number of methoxy groups -OCH3 is 1. The summed E-state index contributed by atoms with van der Waals surface area (Å²) >= 11 is 5.78. The molecule has 0 aliphatic rings. The summed E-state index contributed by atoms with van der Waals surface area (Å²) in [6.45, 7) is 2.68. The van der Waals surface area contributed by atoms with Crippen LogP contribution in [0.4, 0.5) is 11.5 Å². The summed E-state index contributed by atoms with van der Waals surface area (Å²) in [5, 5.41) is 3.62. The molecule has 0 aliphatic heterocycles. The van der Waals surface area contributed by atoms with Crippen LogP contribution in [-0.2, 0) is 4.74 Å². The van der Waals surface area contributed by atoms with E-state index in [1.807, 2.05) is 0 Å². The number of hydrogen-bond donors (Lipinski definition) is 2. The SMILES string of the molecule is CC[C@H](COC)Nc1nc(Cl)ccc1N. The molecule has 0 saturated heterocycles. The molecule has 0 aliphatic carbocycles. The number of pyridine rings is 1. The Labute approximate surface area is 94.8 Å². The molecule has 0 aromatic carbocycles. The van der Waals surface area contributed by atoms with E-state index in [9.17, 15) is 0 Å².